The van der Waals surface area contributed by atoms with Gasteiger partial charge in [-0.2, -0.15) is 0 Å². The van der Waals surface area contributed by atoms with Crippen LogP contribution in [0.4, 0.5) is 4.39 Å². The molecule has 1 amide bonds. The van der Waals surface area contributed by atoms with Crippen molar-refractivity contribution in [3.05, 3.63) is 34.1 Å². The molecule has 1 heterocycles. The van der Waals surface area contributed by atoms with Crippen molar-refractivity contribution in [3.8, 4) is 0 Å². The summed E-state index contributed by atoms with van der Waals surface area (Å²) in [6.07, 6.45) is 0. The molecule has 1 aliphatic heterocycles. The summed E-state index contributed by atoms with van der Waals surface area (Å²) in [5.74, 6) is -0.752. The molecule has 2 rings (SSSR count). The highest BCUT2D eigenvalue weighted by molar-refractivity contribution is 9.10. The molecular formula is C11H12BrFN2O2. The fourth-order valence-electron chi connectivity index (χ4n) is 1.52. The Kier molecular flexibility index (Phi) is 4.09. The maximum Gasteiger partial charge on any atom is 0.265 e. The summed E-state index contributed by atoms with van der Waals surface area (Å²) in [4.78, 5) is 11.8. The van der Waals surface area contributed by atoms with Crippen LogP contribution in [0.25, 0.3) is 0 Å². The van der Waals surface area contributed by atoms with Gasteiger partial charge in [-0.1, -0.05) is 0 Å². The normalized spacial score (nSPS) is 16.8. The average Bonchev–Trinajstić information content (AvgIpc) is 2.34. The van der Waals surface area contributed by atoms with Crippen LogP contribution in [-0.4, -0.2) is 37.2 Å². The largest absolute Gasteiger partial charge is 0.379 e. The topological polar surface area (TPSA) is 41.6 Å². The smallest absolute Gasteiger partial charge is 0.265 e. The van der Waals surface area contributed by atoms with E-state index in [4.69, 9.17) is 4.74 Å². The zero-order valence-electron chi connectivity index (χ0n) is 9.08. The maximum absolute atomic E-state index is 13.3. The Morgan fingerprint density at radius 1 is 1.41 bits per heavy atom. The Hall–Kier alpha value is -0.980. The van der Waals surface area contributed by atoms with Crippen molar-refractivity contribution in [2.75, 3.05) is 26.3 Å². The standard InChI is InChI=1S/C11H12BrFN2O2/c12-9-2-1-8(7-10(9)13)11(16)14-15-3-5-17-6-4-15/h1-2,7H,3-6H2,(H,14,16). The fourth-order valence-corrected chi connectivity index (χ4v) is 1.77. The molecule has 1 aromatic carbocycles. The molecule has 0 unspecified atom stereocenters. The Bertz CT molecular complexity index is 422. The summed E-state index contributed by atoms with van der Waals surface area (Å²) >= 11 is 3.04. The first-order chi connectivity index (χ1) is 8.16. The zero-order chi connectivity index (χ0) is 12.3. The molecule has 1 saturated heterocycles. The summed E-state index contributed by atoms with van der Waals surface area (Å²) in [5.41, 5.74) is 3.02. The van der Waals surface area contributed by atoms with Crippen LogP contribution in [-0.2, 0) is 4.74 Å². The Morgan fingerprint density at radius 2 is 2.12 bits per heavy atom. The molecule has 4 nitrogen and oxygen atoms in total. The quantitative estimate of drug-likeness (QED) is 0.901. The summed E-state index contributed by atoms with van der Waals surface area (Å²) in [7, 11) is 0. The van der Waals surface area contributed by atoms with Crippen LogP contribution >= 0.6 is 15.9 Å². The fraction of sp³-hybridized carbons (Fsp3) is 0.364. The molecule has 6 heteroatoms. The predicted octanol–water partition coefficient (Wildman–Crippen LogP) is 1.57. The lowest BCUT2D eigenvalue weighted by molar-refractivity contribution is 0.0126. The zero-order valence-corrected chi connectivity index (χ0v) is 10.7. The van der Waals surface area contributed by atoms with Crippen molar-refractivity contribution in [2.24, 2.45) is 0 Å². The van der Waals surface area contributed by atoms with Gasteiger partial charge in [-0.3, -0.25) is 10.2 Å². The molecule has 1 aliphatic rings. The molecule has 0 radical (unpaired) electrons. The molecule has 0 spiro atoms. The molecular weight excluding hydrogens is 291 g/mol. The van der Waals surface area contributed by atoms with Crippen LogP contribution in [0, 0.1) is 5.82 Å². The molecule has 1 fully saturated rings. The van der Waals surface area contributed by atoms with Crippen molar-refractivity contribution >= 4 is 21.8 Å². The minimum absolute atomic E-state index is 0.303. The van der Waals surface area contributed by atoms with Gasteiger partial charge in [0.2, 0.25) is 0 Å². The lowest BCUT2D eigenvalue weighted by Crippen LogP contribution is -2.48. The molecule has 0 atom stereocenters. The van der Waals surface area contributed by atoms with Crippen molar-refractivity contribution in [3.63, 3.8) is 0 Å². The molecule has 0 bridgehead atoms. The highest BCUT2D eigenvalue weighted by Gasteiger charge is 2.15. The molecule has 0 aliphatic carbocycles. The summed E-state index contributed by atoms with van der Waals surface area (Å²) in [6, 6.07) is 4.30. The van der Waals surface area contributed by atoms with Gasteiger partial charge in [0.1, 0.15) is 5.82 Å². The van der Waals surface area contributed by atoms with E-state index in [9.17, 15) is 9.18 Å². The van der Waals surface area contributed by atoms with E-state index < -0.39 is 5.82 Å². The number of benzene rings is 1. The summed E-state index contributed by atoms with van der Waals surface area (Å²) < 4.78 is 18.8. The van der Waals surface area contributed by atoms with Gasteiger partial charge in [0, 0.05) is 18.7 Å². The Morgan fingerprint density at radius 3 is 2.76 bits per heavy atom. The number of carbonyl (C=O) groups is 1. The van der Waals surface area contributed by atoms with Gasteiger partial charge in [0.25, 0.3) is 5.91 Å². The third-order valence-electron chi connectivity index (χ3n) is 2.45. The number of halogens is 2. The summed E-state index contributed by atoms with van der Waals surface area (Å²) in [5, 5.41) is 1.77. The highest BCUT2D eigenvalue weighted by atomic mass is 79.9. The van der Waals surface area contributed by atoms with Crippen LogP contribution < -0.4 is 5.43 Å². The first-order valence-electron chi connectivity index (χ1n) is 5.25. The van der Waals surface area contributed by atoms with Gasteiger partial charge in [-0.15, -0.1) is 0 Å². The minimum Gasteiger partial charge on any atom is -0.379 e. The average molecular weight is 303 g/mol. The van der Waals surface area contributed by atoms with Gasteiger partial charge in [-0.25, -0.2) is 9.40 Å². The van der Waals surface area contributed by atoms with Crippen molar-refractivity contribution in [2.45, 2.75) is 0 Å². The monoisotopic (exact) mass is 302 g/mol. The van der Waals surface area contributed by atoms with Crippen molar-refractivity contribution < 1.29 is 13.9 Å². The predicted molar refractivity (Wildman–Crippen MR) is 64.0 cm³/mol. The third-order valence-corrected chi connectivity index (χ3v) is 3.10. The van der Waals surface area contributed by atoms with E-state index in [0.717, 1.165) is 0 Å². The summed E-state index contributed by atoms with van der Waals surface area (Å²) in [6.45, 7) is 2.47. The molecule has 17 heavy (non-hydrogen) atoms. The lowest BCUT2D eigenvalue weighted by Gasteiger charge is -2.26. The van der Waals surface area contributed by atoms with Crippen LogP contribution in [0.5, 0.6) is 0 Å². The number of nitrogens with one attached hydrogen (secondary N) is 1. The van der Waals surface area contributed by atoms with Crippen molar-refractivity contribution in [1.82, 2.24) is 10.4 Å². The molecule has 1 aromatic rings. The SMILES string of the molecule is O=C(NN1CCOCC1)c1ccc(Br)c(F)c1. The number of carbonyl (C=O) groups excluding carboxylic acids is 1. The lowest BCUT2D eigenvalue weighted by atomic mass is 10.2. The number of hydrazine groups is 1. The van der Waals surface area contributed by atoms with E-state index in [-0.39, 0.29) is 5.91 Å². The third kappa shape index (κ3) is 3.24. The van der Waals surface area contributed by atoms with E-state index in [1.54, 1.807) is 11.1 Å². The maximum atomic E-state index is 13.3. The number of rotatable bonds is 2. The van der Waals surface area contributed by atoms with Gasteiger partial charge < -0.3 is 4.74 Å². The Balaban J connectivity index is 2.01. The van der Waals surface area contributed by atoms with Gasteiger partial charge >= 0.3 is 0 Å². The van der Waals surface area contributed by atoms with Crippen LogP contribution in [0.2, 0.25) is 0 Å². The van der Waals surface area contributed by atoms with Gasteiger partial charge in [-0.05, 0) is 34.1 Å². The number of amides is 1. The highest BCUT2D eigenvalue weighted by Crippen LogP contribution is 2.16. The number of morpholine rings is 1. The van der Waals surface area contributed by atoms with Gasteiger partial charge in [0.05, 0.1) is 17.7 Å². The van der Waals surface area contributed by atoms with E-state index in [1.807, 2.05) is 0 Å². The first kappa shape index (κ1) is 12.5. The second-order valence-electron chi connectivity index (χ2n) is 3.67. The molecule has 92 valence electrons. The van der Waals surface area contributed by atoms with Crippen LogP contribution in [0.15, 0.2) is 22.7 Å². The van der Waals surface area contributed by atoms with E-state index >= 15 is 0 Å². The van der Waals surface area contributed by atoms with Crippen LogP contribution in [0.1, 0.15) is 10.4 Å². The second-order valence-corrected chi connectivity index (χ2v) is 4.52. The molecule has 0 aromatic heterocycles. The number of hydrogen-bond acceptors (Lipinski definition) is 3. The van der Waals surface area contributed by atoms with Gasteiger partial charge in [0.15, 0.2) is 0 Å². The molecule has 0 saturated carbocycles. The molecule has 1 N–H and O–H groups in total. The van der Waals surface area contributed by atoms with E-state index in [1.165, 1.54) is 12.1 Å². The van der Waals surface area contributed by atoms with Crippen molar-refractivity contribution in [1.29, 1.82) is 0 Å². The first-order valence-corrected chi connectivity index (χ1v) is 6.05. The Labute approximate surface area is 107 Å². The second kappa shape index (κ2) is 5.57. The number of ether oxygens (including phenoxy) is 1. The minimum atomic E-state index is -0.445. The number of nitrogens with zero attached hydrogens (tertiary/aromatic N) is 1. The number of hydrogen-bond donors (Lipinski definition) is 1. The van der Waals surface area contributed by atoms with Crippen LogP contribution in [0.3, 0.4) is 0 Å². The van der Waals surface area contributed by atoms with E-state index in [0.29, 0.717) is 36.3 Å². The van der Waals surface area contributed by atoms with E-state index in [2.05, 4.69) is 21.4 Å².